The first-order valence-corrected chi connectivity index (χ1v) is 6.17. The molecule has 0 aliphatic heterocycles. The minimum atomic E-state index is -0.845. The Kier molecular flexibility index (Phi) is 4.67. The molecule has 2 atom stereocenters. The van der Waals surface area contributed by atoms with E-state index in [1.807, 2.05) is 20.8 Å². The van der Waals surface area contributed by atoms with Crippen molar-refractivity contribution in [2.24, 2.45) is 5.92 Å². The molecule has 90 valence electrons. The first-order valence-electron chi connectivity index (χ1n) is 5.40. The van der Waals surface area contributed by atoms with Gasteiger partial charge in [0.05, 0.1) is 0 Å². The van der Waals surface area contributed by atoms with Crippen LogP contribution in [-0.2, 0) is 11.2 Å². The lowest BCUT2D eigenvalue weighted by Gasteiger charge is -2.19. The number of nitrogens with one attached hydrogen (secondary N) is 1. The Hall–Kier alpha value is -1.17. The molecule has 6 heteroatoms. The van der Waals surface area contributed by atoms with Gasteiger partial charge in [0, 0.05) is 18.0 Å². The Bertz CT molecular complexity index is 354. The van der Waals surface area contributed by atoms with Crippen LogP contribution in [0.3, 0.4) is 0 Å². The van der Waals surface area contributed by atoms with Gasteiger partial charge in [0.15, 0.2) is 0 Å². The van der Waals surface area contributed by atoms with Crippen molar-refractivity contribution in [2.75, 3.05) is 5.32 Å². The van der Waals surface area contributed by atoms with Gasteiger partial charge in [-0.05, 0) is 5.92 Å². The van der Waals surface area contributed by atoms with E-state index in [4.69, 9.17) is 5.11 Å². The molecule has 5 nitrogen and oxygen atoms in total. The van der Waals surface area contributed by atoms with Crippen LogP contribution in [0.4, 0.5) is 5.13 Å². The average molecular weight is 243 g/mol. The van der Waals surface area contributed by atoms with Crippen molar-refractivity contribution in [3.05, 3.63) is 5.82 Å². The third-order valence-electron chi connectivity index (χ3n) is 2.54. The number of rotatable bonds is 6. The minimum Gasteiger partial charge on any atom is -0.480 e. The first-order chi connectivity index (χ1) is 7.58. The molecule has 1 rings (SSSR count). The highest BCUT2D eigenvalue weighted by Crippen LogP contribution is 2.17. The van der Waals surface area contributed by atoms with Crippen LogP contribution >= 0.6 is 11.5 Å². The van der Waals surface area contributed by atoms with E-state index in [1.165, 1.54) is 11.5 Å². The highest BCUT2D eigenvalue weighted by atomic mass is 32.1. The summed E-state index contributed by atoms with van der Waals surface area (Å²) in [5.74, 6) is -0.0325. The molecule has 0 fully saturated rings. The van der Waals surface area contributed by atoms with Crippen LogP contribution in [0.5, 0.6) is 0 Å². The van der Waals surface area contributed by atoms with Crippen LogP contribution in [0.2, 0.25) is 0 Å². The average Bonchev–Trinajstić information content (AvgIpc) is 2.72. The van der Waals surface area contributed by atoms with Crippen molar-refractivity contribution >= 4 is 22.6 Å². The SMILES string of the molecule is CCc1nsc(N[C@H](C(=O)O)[C@@H](C)CC)n1. The van der Waals surface area contributed by atoms with Crippen molar-refractivity contribution in [3.63, 3.8) is 0 Å². The fourth-order valence-corrected chi connectivity index (χ4v) is 1.96. The Balaban J connectivity index is 2.71. The molecule has 1 aromatic rings. The summed E-state index contributed by atoms with van der Waals surface area (Å²) in [5.41, 5.74) is 0. The molecule has 2 N–H and O–H groups in total. The number of hydrogen-bond donors (Lipinski definition) is 2. The van der Waals surface area contributed by atoms with Gasteiger partial charge < -0.3 is 10.4 Å². The molecule has 1 aromatic heterocycles. The standard InChI is InChI=1S/C10H17N3O2S/c1-4-6(3)8(9(14)15)12-10-11-7(5-2)13-16-10/h6,8H,4-5H2,1-3H3,(H,14,15)(H,11,12,13)/t6-,8-/m0/s1. The fourth-order valence-electron chi connectivity index (χ4n) is 1.27. The van der Waals surface area contributed by atoms with Gasteiger partial charge in [0.1, 0.15) is 11.9 Å². The minimum absolute atomic E-state index is 0.0616. The van der Waals surface area contributed by atoms with E-state index in [-0.39, 0.29) is 5.92 Å². The van der Waals surface area contributed by atoms with E-state index in [9.17, 15) is 4.79 Å². The van der Waals surface area contributed by atoms with Gasteiger partial charge >= 0.3 is 5.97 Å². The number of carboxylic acids is 1. The number of aryl methyl sites for hydroxylation is 1. The smallest absolute Gasteiger partial charge is 0.326 e. The highest BCUT2D eigenvalue weighted by molar-refractivity contribution is 7.09. The zero-order chi connectivity index (χ0) is 12.1. The summed E-state index contributed by atoms with van der Waals surface area (Å²) in [6.45, 7) is 5.85. The van der Waals surface area contributed by atoms with Crippen molar-refractivity contribution in [1.29, 1.82) is 0 Å². The molecule has 0 radical (unpaired) electrons. The number of aromatic nitrogens is 2. The van der Waals surface area contributed by atoms with Gasteiger partial charge in [-0.3, -0.25) is 0 Å². The van der Waals surface area contributed by atoms with Gasteiger partial charge in [-0.25, -0.2) is 9.78 Å². The maximum atomic E-state index is 11.1. The van der Waals surface area contributed by atoms with E-state index in [0.717, 1.165) is 18.7 Å². The third kappa shape index (κ3) is 3.16. The lowest BCUT2D eigenvalue weighted by molar-refractivity contribution is -0.139. The topological polar surface area (TPSA) is 75.1 Å². The fraction of sp³-hybridized carbons (Fsp3) is 0.700. The van der Waals surface area contributed by atoms with Crippen LogP contribution in [0.1, 0.15) is 33.0 Å². The Morgan fingerprint density at radius 2 is 2.25 bits per heavy atom. The number of carbonyl (C=O) groups is 1. The van der Waals surface area contributed by atoms with Crippen molar-refractivity contribution in [3.8, 4) is 0 Å². The van der Waals surface area contributed by atoms with E-state index < -0.39 is 12.0 Å². The van der Waals surface area contributed by atoms with E-state index in [1.54, 1.807) is 0 Å². The zero-order valence-corrected chi connectivity index (χ0v) is 10.5. The summed E-state index contributed by atoms with van der Waals surface area (Å²) in [6, 6.07) is -0.595. The summed E-state index contributed by atoms with van der Waals surface area (Å²) in [4.78, 5) is 15.3. The van der Waals surface area contributed by atoms with Crippen molar-refractivity contribution in [2.45, 2.75) is 39.7 Å². The largest absolute Gasteiger partial charge is 0.480 e. The zero-order valence-electron chi connectivity index (χ0n) is 9.73. The molecule has 0 aromatic carbocycles. The number of carboxylic acid groups (broad SMARTS) is 1. The predicted molar refractivity (Wildman–Crippen MR) is 63.8 cm³/mol. The van der Waals surface area contributed by atoms with Crippen LogP contribution in [-0.4, -0.2) is 26.5 Å². The summed E-state index contributed by atoms with van der Waals surface area (Å²) < 4.78 is 4.11. The maximum Gasteiger partial charge on any atom is 0.326 e. The van der Waals surface area contributed by atoms with Crippen LogP contribution < -0.4 is 5.32 Å². The van der Waals surface area contributed by atoms with Crippen LogP contribution in [0.15, 0.2) is 0 Å². The maximum absolute atomic E-state index is 11.1. The molecule has 0 saturated heterocycles. The lowest BCUT2D eigenvalue weighted by atomic mass is 10.00. The molecule has 16 heavy (non-hydrogen) atoms. The molecule has 0 unspecified atom stereocenters. The van der Waals surface area contributed by atoms with Crippen molar-refractivity contribution in [1.82, 2.24) is 9.36 Å². The van der Waals surface area contributed by atoms with E-state index in [0.29, 0.717) is 5.13 Å². The molecule has 0 aliphatic rings. The summed E-state index contributed by atoms with van der Waals surface area (Å²) >= 11 is 1.21. The van der Waals surface area contributed by atoms with E-state index >= 15 is 0 Å². The second kappa shape index (κ2) is 5.79. The Morgan fingerprint density at radius 3 is 2.69 bits per heavy atom. The summed E-state index contributed by atoms with van der Waals surface area (Å²) in [7, 11) is 0. The van der Waals surface area contributed by atoms with Crippen molar-refractivity contribution < 1.29 is 9.90 Å². The summed E-state index contributed by atoms with van der Waals surface area (Å²) in [5, 5.41) is 12.6. The highest BCUT2D eigenvalue weighted by Gasteiger charge is 2.24. The van der Waals surface area contributed by atoms with E-state index in [2.05, 4.69) is 14.7 Å². The van der Waals surface area contributed by atoms with Gasteiger partial charge in [0.2, 0.25) is 5.13 Å². The number of aliphatic carboxylic acids is 1. The lowest BCUT2D eigenvalue weighted by Crippen LogP contribution is -2.35. The Morgan fingerprint density at radius 1 is 1.56 bits per heavy atom. The molecular formula is C10H17N3O2S. The van der Waals surface area contributed by atoms with Crippen LogP contribution in [0, 0.1) is 5.92 Å². The van der Waals surface area contributed by atoms with Gasteiger partial charge in [-0.2, -0.15) is 4.37 Å². The number of anilines is 1. The summed E-state index contributed by atoms with van der Waals surface area (Å²) in [6.07, 6.45) is 1.57. The molecule has 0 spiro atoms. The van der Waals surface area contributed by atoms with Gasteiger partial charge in [-0.1, -0.05) is 27.2 Å². The normalized spacial score (nSPS) is 14.4. The third-order valence-corrected chi connectivity index (χ3v) is 3.23. The molecule has 0 bridgehead atoms. The second-order valence-corrected chi connectivity index (χ2v) is 4.47. The Labute approximate surface area is 99.1 Å². The molecule has 0 aliphatic carbocycles. The predicted octanol–water partition coefficient (Wildman–Crippen LogP) is 2.01. The molecule has 1 heterocycles. The molecule has 0 saturated carbocycles. The molecule has 0 amide bonds. The quantitative estimate of drug-likeness (QED) is 0.799. The molecular weight excluding hydrogens is 226 g/mol. The second-order valence-electron chi connectivity index (χ2n) is 3.72. The number of hydrogen-bond acceptors (Lipinski definition) is 5. The number of nitrogens with zero attached hydrogens (tertiary/aromatic N) is 2. The van der Waals surface area contributed by atoms with Gasteiger partial charge in [-0.15, -0.1) is 0 Å². The van der Waals surface area contributed by atoms with Crippen LogP contribution in [0.25, 0.3) is 0 Å². The van der Waals surface area contributed by atoms with Gasteiger partial charge in [0.25, 0.3) is 0 Å². The monoisotopic (exact) mass is 243 g/mol. The first kappa shape index (κ1) is 12.9.